The van der Waals surface area contributed by atoms with Gasteiger partial charge < -0.3 is 20.6 Å². The second-order valence-electron chi connectivity index (χ2n) is 5.23. The third kappa shape index (κ3) is 3.66. The van der Waals surface area contributed by atoms with E-state index in [1.165, 1.54) is 18.2 Å². The summed E-state index contributed by atoms with van der Waals surface area (Å²) in [4.78, 5) is 37.3. The van der Waals surface area contributed by atoms with E-state index < -0.39 is 37.7 Å². The summed E-state index contributed by atoms with van der Waals surface area (Å²) in [7, 11) is -4.63. The molecule has 9 nitrogen and oxygen atoms in total. The second-order valence-corrected chi connectivity index (χ2v) is 7.45. The smallest absolute Gasteiger partial charge is 0.545 e. The van der Waals surface area contributed by atoms with E-state index in [-0.39, 0.29) is 55.1 Å². The second kappa shape index (κ2) is 7.49. The van der Waals surface area contributed by atoms with E-state index in [1.807, 2.05) is 0 Å². The molecule has 0 saturated carbocycles. The van der Waals surface area contributed by atoms with Crippen molar-refractivity contribution in [1.82, 2.24) is 8.96 Å². The normalized spacial score (nSPS) is 11.1. The molecule has 0 atom stereocenters. The van der Waals surface area contributed by atoms with Gasteiger partial charge in [0.15, 0.2) is 0 Å². The number of carbonyl (C=O) groups excluding carboxylic acids is 1. The molecule has 3 aromatic rings. The summed E-state index contributed by atoms with van der Waals surface area (Å²) in [6.45, 7) is 0. The van der Waals surface area contributed by atoms with Crippen LogP contribution in [0.1, 0.15) is 10.4 Å². The number of carboxylic acids is 1. The number of aromatic amines is 1. The number of nitrogens with zero attached hydrogens (tertiary/aromatic N) is 1. The molecule has 1 aromatic heterocycles. The molecule has 0 bridgehead atoms. The van der Waals surface area contributed by atoms with Gasteiger partial charge in [0.2, 0.25) is 0 Å². The Hall–Kier alpha value is -2.11. The van der Waals surface area contributed by atoms with Crippen LogP contribution in [0.2, 0.25) is 5.02 Å². The number of nitrogens with two attached hydrogens (primary N) is 1. The summed E-state index contributed by atoms with van der Waals surface area (Å²) < 4.78 is 25.5. The number of anilines is 1. The van der Waals surface area contributed by atoms with Gasteiger partial charge in [-0.1, -0.05) is 11.6 Å². The Bertz CT molecular complexity index is 1300. The number of aromatic nitrogens is 2. The minimum absolute atomic E-state index is 0. The van der Waals surface area contributed by atoms with Crippen LogP contribution in [0.15, 0.2) is 50.9 Å². The molecule has 0 saturated heterocycles. The van der Waals surface area contributed by atoms with Crippen LogP contribution in [0.3, 0.4) is 0 Å². The Balaban J connectivity index is 0.00000261. The molecule has 3 N–H and O–H groups in total. The maximum atomic E-state index is 12.7. The molecule has 0 aliphatic carbocycles. The van der Waals surface area contributed by atoms with E-state index in [0.29, 0.717) is 0 Å². The van der Waals surface area contributed by atoms with Gasteiger partial charge >= 0.3 is 35.2 Å². The van der Waals surface area contributed by atoms with E-state index >= 15 is 0 Å². The van der Waals surface area contributed by atoms with Crippen LogP contribution in [0.25, 0.3) is 10.9 Å². The number of fused-ring (bicyclic) bond motifs is 1. The van der Waals surface area contributed by atoms with Crippen molar-refractivity contribution in [2.75, 3.05) is 5.73 Å². The molecule has 12 heteroatoms. The molecule has 0 aliphatic heterocycles. The summed E-state index contributed by atoms with van der Waals surface area (Å²) >= 11 is 5.79. The Morgan fingerprint density at radius 3 is 2.41 bits per heavy atom. The number of hydrogen-bond donors (Lipinski definition) is 2. The molecule has 0 radical (unpaired) electrons. The number of rotatable bonds is 3. The number of carboxylic acid groups (broad SMARTS) is 1. The van der Waals surface area contributed by atoms with E-state index in [9.17, 15) is 27.9 Å². The average molecular weight is 418 g/mol. The molecule has 1 heterocycles. The molecule has 0 fully saturated rings. The fourth-order valence-corrected chi connectivity index (χ4v) is 3.86. The summed E-state index contributed by atoms with van der Waals surface area (Å²) in [6.07, 6.45) is 0. The number of nitrogens with one attached hydrogen (secondary N) is 1. The van der Waals surface area contributed by atoms with Gasteiger partial charge in [0.05, 0.1) is 21.8 Å². The zero-order valence-electron chi connectivity index (χ0n) is 13.7. The van der Waals surface area contributed by atoms with Crippen LogP contribution >= 0.6 is 11.6 Å². The van der Waals surface area contributed by atoms with Crippen LogP contribution in [-0.4, -0.2) is 23.3 Å². The van der Waals surface area contributed by atoms with Gasteiger partial charge in [-0.2, -0.15) is 0 Å². The number of halogens is 1. The molecule has 0 aliphatic rings. The van der Waals surface area contributed by atoms with Gasteiger partial charge in [-0.15, -0.1) is 3.97 Å². The van der Waals surface area contributed by atoms with E-state index in [0.717, 1.165) is 18.2 Å². The number of nitrogen functional groups attached to an aromatic ring is 1. The van der Waals surface area contributed by atoms with Crippen molar-refractivity contribution in [2.45, 2.75) is 4.90 Å². The zero-order valence-corrected chi connectivity index (χ0v) is 17.3. The quantitative estimate of drug-likeness (QED) is 0.331. The largest absolute Gasteiger partial charge is 1.00 e. The van der Waals surface area contributed by atoms with Gasteiger partial charge in [0.25, 0.3) is 15.6 Å². The first-order chi connectivity index (χ1) is 12.1. The Labute approximate surface area is 178 Å². The molecule has 3 rings (SSSR count). The number of H-pyrrole nitrogens is 1. The van der Waals surface area contributed by atoms with E-state index in [2.05, 4.69) is 4.98 Å². The molecular weight excluding hydrogens is 409 g/mol. The average Bonchev–Trinajstić information content (AvgIpc) is 2.53. The topological polar surface area (TPSA) is 155 Å². The molecule has 0 unspecified atom stereocenters. The van der Waals surface area contributed by atoms with E-state index in [4.69, 9.17) is 17.3 Å². The molecule has 2 aromatic carbocycles. The zero-order chi connectivity index (χ0) is 19.2. The first-order valence-electron chi connectivity index (χ1n) is 6.94. The van der Waals surface area contributed by atoms with Crippen LogP contribution in [0.5, 0.6) is 0 Å². The van der Waals surface area contributed by atoms with E-state index in [1.54, 1.807) is 0 Å². The summed E-state index contributed by atoms with van der Waals surface area (Å²) in [6, 6.07) is 6.61. The van der Waals surface area contributed by atoms with Crippen molar-refractivity contribution in [1.29, 1.82) is 0 Å². The van der Waals surface area contributed by atoms with Crippen LogP contribution in [0.4, 0.5) is 5.69 Å². The van der Waals surface area contributed by atoms with Gasteiger partial charge in [0.1, 0.15) is 0 Å². The maximum absolute atomic E-state index is 12.7. The SMILES string of the molecule is Nc1cc(S(=O)(=O)n2c(=O)[nH]c3cc(Cl)ccc3c2=O)ccc1C(=O)[O-].[Na+]. The fraction of sp³-hybridized carbons (Fsp3) is 0. The minimum atomic E-state index is -4.63. The molecular formula is C15H9ClN3NaO6S. The van der Waals surface area contributed by atoms with Crippen LogP contribution < -0.4 is 51.6 Å². The monoisotopic (exact) mass is 417 g/mol. The number of carbonyl (C=O) groups is 1. The predicted molar refractivity (Wildman–Crippen MR) is 91.6 cm³/mol. The van der Waals surface area contributed by atoms with Gasteiger partial charge in [-0.25, -0.2) is 13.2 Å². The maximum Gasteiger partial charge on any atom is 1.00 e. The number of benzene rings is 2. The van der Waals surface area contributed by atoms with Gasteiger partial charge in [-0.05, 0) is 36.4 Å². The van der Waals surface area contributed by atoms with Crippen molar-refractivity contribution in [3.05, 3.63) is 67.8 Å². The minimum Gasteiger partial charge on any atom is -0.545 e. The van der Waals surface area contributed by atoms with Gasteiger partial charge in [0, 0.05) is 16.3 Å². The molecule has 0 spiro atoms. The van der Waals surface area contributed by atoms with Crippen LogP contribution in [-0.2, 0) is 10.0 Å². The third-order valence-corrected chi connectivity index (χ3v) is 5.50. The molecule has 27 heavy (non-hydrogen) atoms. The van der Waals surface area contributed by atoms with Crippen molar-refractivity contribution in [3.63, 3.8) is 0 Å². The first kappa shape index (κ1) is 21.2. The molecule has 0 amide bonds. The predicted octanol–water partition coefficient (Wildman–Crippen LogP) is -3.47. The summed E-state index contributed by atoms with van der Waals surface area (Å²) in [5.74, 6) is -1.59. The van der Waals surface area contributed by atoms with Crippen LogP contribution in [0, 0.1) is 0 Å². The number of hydrogen-bond acceptors (Lipinski definition) is 7. The Kier molecular flexibility index (Phi) is 5.88. The summed E-state index contributed by atoms with van der Waals surface area (Å²) in [5.41, 5.74) is 2.50. The molecule has 134 valence electrons. The van der Waals surface area contributed by atoms with Crippen molar-refractivity contribution in [3.8, 4) is 0 Å². The van der Waals surface area contributed by atoms with Crippen molar-refractivity contribution >= 4 is 44.2 Å². The number of aromatic carboxylic acids is 1. The Morgan fingerprint density at radius 2 is 1.81 bits per heavy atom. The first-order valence-corrected chi connectivity index (χ1v) is 8.76. The fourth-order valence-electron chi connectivity index (χ4n) is 2.38. The third-order valence-electron chi connectivity index (χ3n) is 3.60. The van der Waals surface area contributed by atoms with Gasteiger partial charge in [-0.3, -0.25) is 4.79 Å². The van der Waals surface area contributed by atoms with Crippen molar-refractivity contribution in [2.24, 2.45) is 0 Å². The standard InChI is InChI=1S/C15H10ClN3O6S.Na/c16-7-1-3-10-12(5-7)18-15(23)19(13(10)20)26(24,25)8-2-4-9(14(21)22)11(17)6-8;/h1-6H,17H2,(H,18,23)(H,21,22);/q;+1/p-1. The van der Waals surface area contributed by atoms with Crippen molar-refractivity contribution < 1.29 is 47.9 Å². The summed E-state index contributed by atoms with van der Waals surface area (Å²) in [5, 5.41) is 11.0. The Morgan fingerprint density at radius 1 is 1.15 bits per heavy atom.